The highest BCUT2D eigenvalue weighted by Crippen LogP contribution is 2.22. The van der Waals surface area contributed by atoms with Crippen LogP contribution in [-0.4, -0.2) is 18.6 Å². The number of aromatic amines is 1. The number of rotatable bonds is 3. The lowest BCUT2D eigenvalue weighted by atomic mass is 10.2. The first-order valence-electron chi connectivity index (χ1n) is 4.98. The van der Waals surface area contributed by atoms with Gasteiger partial charge in [0.05, 0.1) is 11.1 Å². The molecule has 18 heavy (non-hydrogen) atoms. The highest BCUT2D eigenvalue weighted by molar-refractivity contribution is 7.92. The molecular formula is C10H11FN4O2S. The summed E-state index contributed by atoms with van der Waals surface area (Å²) in [4.78, 5) is -0.238. The van der Waals surface area contributed by atoms with E-state index in [4.69, 9.17) is 5.73 Å². The molecule has 96 valence electrons. The Morgan fingerprint density at radius 2 is 2.17 bits per heavy atom. The van der Waals surface area contributed by atoms with E-state index in [0.29, 0.717) is 0 Å². The van der Waals surface area contributed by atoms with Gasteiger partial charge in [-0.1, -0.05) is 0 Å². The Hall–Kier alpha value is -2.09. The number of halogens is 1. The minimum Gasteiger partial charge on any atom is -0.398 e. The zero-order valence-corrected chi connectivity index (χ0v) is 10.3. The van der Waals surface area contributed by atoms with Crippen molar-refractivity contribution in [3.8, 4) is 0 Å². The Balaban J connectivity index is 2.42. The molecule has 0 spiro atoms. The van der Waals surface area contributed by atoms with Crippen molar-refractivity contribution in [3.63, 3.8) is 0 Å². The van der Waals surface area contributed by atoms with Crippen LogP contribution in [0.1, 0.15) is 5.56 Å². The third-order valence-electron chi connectivity index (χ3n) is 2.41. The van der Waals surface area contributed by atoms with Crippen LogP contribution in [0.2, 0.25) is 0 Å². The summed E-state index contributed by atoms with van der Waals surface area (Å²) in [5.74, 6) is -0.477. The van der Waals surface area contributed by atoms with Crippen LogP contribution in [0.15, 0.2) is 29.3 Å². The van der Waals surface area contributed by atoms with Crippen molar-refractivity contribution in [2.75, 3.05) is 10.5 Å². The van der Waals surface area contributed by atoms with E-state index in [9.17, 15) is 12.8 Å². The molecular weight excluding hydrogens is 259 g/mol. The fraction of sp³-hybridized carbons (Fsp3) is 0.100. The molecule has 0 saturated heterocycles. The molecule has 2 rings (SSSR count). The van der Waals surface area contributed by atoms with Crippen LogP contribution in [-0.2, 0) is 10.0 Å². The average molecular weight is 270 g/mol. The zero-order valence-electron chi connectivity index (χ0n) is 9.44. The number of nitrogens with one attached hydrogen (secondary N) is 2. The van der Waals surface area contributed by atoms with E-state index >= 15 is 0 Å². The zero-order chi connectivity index (χ0) is 13.3. The molecule has 1 aromatic heterocycles. The number of anilines is 2. The van der Waals surface area contributed by atoms with Crippen molar-refractivity contribution in [2.24, 2.45) is 0 Å². The molecule has 0 saturated carbocycles. The molecule has 0 bridgehead atoms. The highest BCUT2D eigenvalue weighted by atomic mass is 32.2. The molecule has 2 aromatic rings. The summed E-state index contributed by atoms with van der Waals surface area (Å²) in [5, 5.41) is 6.04. The van der Waals surface area contributed by atoms with Crippen molar-refractivity contribution < 1.29 is 12.8 Å². The van der Waals surface area contributed by atoms with Crippen LogP contribution in [0.4, 0.5) is 15.9 Å². The Morgan fingerprint density at radius 1 is 1.44 bits per heavy atom. The predicted octanol–water partition coefficient (Wildman–Crippen LogP) is 1.24. The summed E-state index contributed by atoms with van der Waals surface area (Å²) in [7, 11) is -3.89. The Bertz CT molecular complexity index is 644. The van der Waals surface area contributed by atoms with Crippen molar-refractivity contribution in [1.82, 2.24) is 10.2 Å². The van der Waals surface area contributed by atoms with Crippen LogP contribution in [0, 0.1) is 12.7 Å². The molecule has 6 nitrogen and oxygen atoms in total. The van der Waals surface area contributed by atoms with Gasteiger partial charge in [0.25, 0.3) is 10.0 Å². The Morgan fingerprint density at radius 3 is 2.72 bits per heavy atom. The number of H-pyrrole nitrogens is 1. The minimum absolute atomic E-state index is 0.0833. The smallest absolute Gasteiger partial charge is 0.263 e. The van der Waals surface area contributed by atoms with Gasteiger partial charge in [-0.05, 0) is 19.1 Å². The van der Waals surface area contributed by atoms with Gasteiger partial charge in [0.15, 0.2) is 0 Å². The van der Waals surface area contributed by atoms with Gasteiger partial charge < -0.3 is 5.73 Å². The number of hydrogen-bond donors (Lipinski definition) is 3. The maximum atomic E-state index is 13.5. The molecule has 0 aliphatic rings. The van der Waals surface area contributed by atoms with E-state index in [1.54, 1.807) is 0 Å². The third-order valence-corrected chi connectivity index (χ3v) is 3.76. The van der Waals surface area contributed by atoms with Gasteiger partial charge in [-0.2, -0.15) is 5.10 Å². The van der Waals surface area contributed by atoms with Crippen LogP contribution in [0.3, 0.4) is 0 Å². The van der Waals surface area contributed by atoms with E-state index < -0.39 is 15.8 Å². The Labute approximate surface area is 103 Å². The number of benzene rings is 1. The van der Waals surface area contributed by atoms with E-state index in [1.165, 1.54) is 25.3 Å². The lowest BCUT2D eigenvalue weighted by molar-refractivity contribution is 0.593. The number of hydrogen-bond acceptors (Lipinski definition) is 4. The predicted molar refractivity (Wildman–Crippen MR) is 64.9 cm³/mol. The highest BCUT2D eigenvalue weighted by Gasteiger charge is 2.18. The van der Waals surface area contributed by atoms with Gasteiger partial charge in [0.2, 0.25) is 0 Å². The lowest BCUT2D eigenvalue weighted by Gasteiger charge is -2.08. The van der Waals surface area contributed by atoms with E-state index in [0.717, 1.165) is 6.07 Å². The average Bonchev–Trinajstić information content (AvgIpc) is 2.77. The summed E-state index contributed by atoms with van der Waals surface area (Å²) in [6.45, 7) is 1.48. The largest absolute Gasteiger partial charge is 0.398 e. The normalized spacial score (nSPS) is 11.4. The summed E-state index contributed by atoms with van der Waals surface area (Å²) in [5.41, 5.74) is 5.84. The third kappa shape index (κ3) is 2.28. The first-order valence-corrected chi connectivity index (χ1v) is 6.46. The molecule has 0 aliphatic carbocycles. The summed E-state index contributed by atoms with van der Waals surface area (Å²) in [6.07, 6.45) is 1.39. The molecule has 1 aromatic carbocycles. The number of sulfonamides is 1. The van der Waals surface area contributed by atoms with Gasteiger partial charge in [-0.25, -0.2) is 12.8 Å². The SMILES string of the molecule is Cc1c(N)cc(S(=O)(=O)Nc2ccn[nH]2)cc1F. The van der Waals surface area contributed by atoms with Gasteiger partial charge in [0.1, 0.15) is 11.6 Å². The maximum absolute atomic E-state index is 13.5. The van der Waals surface area contributed by atoms with Crippen molar-refractivity contribution in [2.45, 2.75) is 11.8 Å². The quantitative estimate of drug-likeness (QED) is 0.730. The topological polar surface area (TPSA) is 101 Å². The number of nitrogens with two attached hydrogens (primary N) is 1. The molecule has 1 heterocycles. The standard InChI is InChI=1S/C10H11FN4O2S/c1-6-8(11)4-7(5-9(6)12)18(16,17)15-10-2-3-13-14-10/h2-5H,12H2,1H3,(H2,13,14,15). The van der Waals surface area contributed by atoms with E-state index in [2.05, 4.69) is 14.9 Å². The van der Waals surface area contributed by atoms with Gasteiger partial charge in [-0.15, -0.1) is 0 Å². The van der Waals surface area contributed by atoms with Crippen LogP contribution in [0.25, 0.3) is 0 Å². The molecule has 0 unspecified atom stereocenters. The number of nitrogens with zero attached hydrogens (tertiary/aromatic N) is 1. The first-order chi connectivity index (χ1) is 8.40. The number of nitrogen functional groups attached to an aromatic ring is 1. The fourth-order valence-corrected chi connectivity index (χ4v) is 2.41. The van der Waals surface area contributed by atoms with Gasteiger partial charge in [-0.3, -0.25) is 9.82 Å². The molecule has 0 aliphatic heterocycles. The molecule has 0 radical (unpaired) electrons. The molecule has 8 heteroatoms. The van der Waals surface area contributed by atoms with Crippen molar-refractivity contribution in [1.29, 1.82) is 0 Å². The molecule has 0 atom stereocenters. The second-order valence-corrected chi connectivity index (χ2v) is 5.38. The summed E-state index contributed by atoms with van der Waals surface area (Å²) >= 11 is 0. The van der Waals surface area contributed by atoms with Crippen LogP contribution >= 0.6 is 0 Å². The molecule has 4 N–H and O–H groups in total. The van der Waals surface area contributed by atoms with E-state index in [1.807, 2.05) is 0 Å². The lowest BCUT2D eigenvalue weighted by Crippen LogP contribution is -2.14. The summed E-state index contributed by atoms with van der Waals surface area (Å²) in [6, 6.07) is 3.56. The maximum Gasteiger partial charge on any atom is 0.263 e. The summed E-state index contributed by atoms with van der Waals surface area (Å²) < 4.78 is 39.5. The van der Waals surface area contributed by atoms with E-state index in [-0.39, 0.29) is 22.0 Å². The first kappa shape index (κ1) is 12.4. The minimum atomic E-state index is -3.89. The second kappa shape index (κ2) is 4.30. The number of aromatic nitrogens is 2. The van der Waals surface area contributed by atoms with Gasteiger partial charge in [0, 0.05) is 17.3 Å². The molecule has 0 amide bonds. The monoisotopic (exact) mass is 270 g/mol. The fourth-order valence-electron chi connectivity index (χ4n) is 1.35. The molecule has 0 fully saturated rings. The van der Waals surface area contributed by atoms with Crippen LogP contribution < -0.4 is 10.5 Å². The van der Waals surface area contributed by atoms with Gasteiger partial charge >= 0.3 is 0 Å². The van der Waals surface area contributed by atoms with Crippen LogP contribution in [0.5, 0.6) is 0 Å². The Kier molecular flexibility index (Phi) is 2.95. The second-order valence-electron chi connectivity index (χ2n) is 3.70. The van der Waals surface area contributed by atoms with Crippen molar-refractivity contribution in [3.05, 3.63) is 35.8 Å². The van der Waals surface area contributed by atoms with Crippen molar-refractivity contribution >= 4 is 21.5 Å².